The van der Waals surface area contributed by atoms with Gasteiger partial charge < -0.3 is 9.30 Å². The lowest BCUT2D eigenvalue weighted by molar-refractivity contribution is -0.384. The molecule has 0 spiro atoms. The van der Waals surface area contributed by atoms with E-state index < -0.39 is 4.92 Å². The second kappa shape index (κ2) is 8.67. The number of hydrogen-bond acceptors (Lipinski definition) is 5. The first-order valence-electron chi connectivity index (χ1n) is 9.06. The van der Waals surface area contributed by atoms with E-state index in [1.165, 1.54) is 17.4 Å². The Balaban J connectivity index is 1.88. The summed E-state index contributed by atoms with van der Waals surface area (Å²) >= 11 is 14.0. The van der Waals surface area contributed by atoms with Gasteiger partial charge in [0.2, 0.25) is 0 Å². The van der Waals surface area contributed by atoms with Crippen LogP contribution in [0.3, 0.4) is 0 Å². The van der Waals surface area contributed by atoms with Crippen LogP contribution in [0.5, 0.6) is 0 Å². The SMILES string of the molecule is O=[N+]([O-])c1ccccc1N=c1scc(-c2cc(Cl)ccc2Cl)n1CC1CCCO1. The Hall–Kier alpha value is -2.19. The van der Waals surface area contributed by atoms with Gasteiger partial charge in [-0.2, -0.15) is 0 Å². The molecule has 29 heavy (non-hydrogen) atoms. The van der Waals surface area contributed by atoms with Crippen LogP contribution in [0, 0.1) is 10.1 Å². The van der Waals surface area contributed by atoms with E-state index in [0.29, 0.717) is 27.1 Å². The Labute approximate surface area is 181 Å². The maximum Gasteiger partial charge on any atom is 0.294 e. The zero-order valence-corrected chi connectivity index (χ0v) is 17.6. The second-order valence-corrected chi connectivity index (χ2v) is 8.31. The molecule has 6 nitrogen and oxygen atoms in total. The lowest BCUT2D eigenvalue weighted by atomic mass is 10.1. The highest BCUT2D eigenvalue weighted by Crippen LogP contribution is 2.32. The van der Waals surface area contributed by atoms with Gasteiger partial charge in [0.15, 0.2) is 4.80 Å². The van der Waals surface area contributed by atoms with Crippen molar-refractivity contribution >= 4 is 45.9 Å². The molecule has 0 radical (unpaired) electrons. The normalized spacial score (nSPS) is 17.0. The summed E-state index contributed by atoms with van der Waals surface area (Å²) in [6.45, 7) is 1.32. The number of nitro groups is 1. The molecule has 1 aliphatic heterocycles. The minimum atomic E-state index is -0.425. The molecule has 2 heterocycles. The standard InChI is InChI=1S/C20H17Cl2N3O3S/c21-13-7-8-16(22)15(10-13)19-12-29-20(24(19)11-14-4-3-9-28-14)23-17-5-1-2-6-18(17)25(26)27/h1-2,5-8,10,12,14H,3-4,9,11H2. The minimum absolute atomic E-state index is 0.0353. The van der Waals surface area contributed by atoms with Crippen molar-refractivity contribution in [3.63, 3.8) is 0 Å². The van der Waals surface area contributed by atoms with E-state index in [1.54, 1.807) is 30.3 Å². The van der Waals surface area contributed by atoms with Gasteiger partial charge in [0.1, 0.15) is 5.69 Å². The van der Waals surface area contributed by atoms with Gasteiger partial charge in [-0.25, -0.2) is 4.99 Å². The smallest absolute Gasteiger partial charge is 0.294 e. The third kappa shape index (κ3) is 4.38. The molecule has 2 aromatic carbocycles. The average molecular weight is 450 g/mol. The number of nitro benzene ring substituents is 1. The fraction of sp³-hybridized carbons (Fsp3) is 0.250. The zero-order valence-electron chi connectivity index (χ0n) is 15.3. The van der Waals surface area contributed by atoms with Crippen molar-refractivity contribution in [3.05, 3.63) is 72.8 Å². The van der Waals surface area contributed by atoms with Crippen LogP contribution in [-0.4, -0.2) is 22.2 Å². The summed E-state index contributed by atoms with van der Waals surface area (Å²) in [5.74, 6) is 0. The molecular weight excluding hydrogens is 433 g/mol. The first kappa shape index (κ1) is 20.1. The Morgan fingerprint density at radius 2 is 2.10 bits per heavy atom. The number of hydrogen-bond donors (Lipinski definition) is 0. The molecule has 0 aliphatic carbocycles. The molecule has 1 saturated heterocycles. The molecule has 0 bridgehead atoms. The highest BCUT2D eigenvalue weighted by molar-refractivity contribution is 7.07. The Kier molecular flexibility index (Phi) is 6.01. The lowest BCUT2D eigenvalue weighted by Crippen LogP contribution is -2.24. The number of aromatic nitrogens is 1. The molecule has 0 saturated carbocycles. The summed E-state index contributed by atoms with van der Waals surface area (Å²) in [5.41, 5.74) is 1.92. The lowest BCUT2D eigenvalue weighted by Gasteiger charge is -2.15. The molecule has 0 N–H and O–H groups in total. The molecule has 3 aromatic rings. The van der Waals surface area contributed by atoms with Crippen molar-refractivity contribution in [2.45, 2.75) is 25.5 Å². The zero-order chi connectivity index (χ0) is 20.4. The van der Waals surface area contributed by atoms with Gasteiger partial charge in [-0.3, -0.25) is 10.1 Å². The summed E-state index contributed by atoms with van der Waals surface area (Å²) in [7, 11) is 0. The number of para-hydroxylation sites is 2. The van der Waals surface area contributed by atoms with Gasteiger partial charge in [-0.1, -0.05) is 35.3 Å². The number of benzene rings is 2. The van der Waals surface area contributed by atoms with Crippen LogP contribution in [0.25, 0.3) is 11.3 Å². The van der Waals surface area contributed by atoms with Crippen molar-refractivity contribution in [3.8, 4) is 11.3 Å². The van der Waals surface area contributed by atoms with Crippen LogP contribution in [0.15, 0.2) is 52.8 Å². The monoisotopic (exact) mass is 449 g/mol. The summed E-state index contributed by atoms with van der Waals surface area (Å²) in [4.78, 5) is 16.2. The fourth-order valence-electron chi connectivity index (χ4n) is 3.31. The van der Waals surface area contributed by atoms with Crippen molar-refractivity contribution in [1.29, 1.82) is 0 Å². The summed E-state index contributed by atoms with van der Waals surface area (Å²) in [6.07, 6.45) is 2.03. The highest BCUT2D eigenvalue weighted by atomic mass is 35.5. The Morgan fingerprint density at radius 1 is 1.28 bits per heavy atom. The van der Waals surface area contributed by atoms with E-state index >= 15 is 0 Å². The molecular formula is C20H17Cl2N3O3S. The van der Waals surface area contributed by atoms with Crippen molar-refractivity contribution in [2.24, 2.45) is 4.99 Å². The molecule has 0 amide bonds. The number of halogens is 2. The van der Waals surface area contributed by atoms with Crippen LogP contribution >= 0.6 is 34.5 Å². The Morgan fingerprint density at radius 3 is 2.86 bits per heavy atom. The van der Waals surface area contributed by atoms with E-state index in [4.69, 9.17) is 27.9 Å². The van der Waals surface area contributed by atoms with Crippen molar-refractivity contribution in [1.82, 2.24) is 4.57 Å². The summed E-state index contributed by atoms with van der Waals surface area (Å²) in [6, 6.07) is 11.8. The van der Waals surface area contributed by atoms with Gasteiger partial charge in [-0.05, 0) is 37.1 Å². The molecule has 9 heteroatoms. The minimum Gasteiger partial charge on any atom is -0.376 e. The first-order valence-corrected chi connectivity index (χ1v) is 10.7. The molecule has 1 aliphatic rings. The predicted octanol–water partition coefficient (Wildman–Crippen LogP) is 5.84. The largest absolute Gasteiger partial charge is 0.376 e. The molecule has 4 rings (SSSR count). The van der Waals surface area contributed by atoms with Crippen LogP contribution < -0.4 is 4.80 Å². The van der Waals surface area contributed by atoms with Gasteiger partial charge in [-0.15, -0.1) is 11.3 Å². The summed E-state index contributed by atoms with van der Waals surface area (Å²) in [5, 5.41) is 14.5. The quantitative estimate of drug-likeness (QED) is 0.362. The number of rotatable bonds is 5. The van der Waals surface area contributed by atoms with Crippen molar-refractivity contribution in [2.75, 3.05) is 6.61 Å². The topological polar surface area (TPSA) is 69.7 Å². The third-order valence-corrected chi connectivity index (χ3v) is 6.14. The van der Waals surface area contributed by atoms with E-state index in [-0.39, 0.29) is 11.8 Å². The van der Waals surface area contributed by atoms with Gasteiger partial charge in [0.25, 0.3) is 5.69 Å². The predicted molar refractivity (Wildman–Crippen MR) is 115 cm³/mol. The highest BCUT2D eigenvalue weighted by Gasteiger charge is 2.21. The second-order valence-electron chi connectivity index (χ2n) is 6.63. The molecule has 1 atom stereocenters. The van der Waals surface area contributed by atoms with Gasteiger partial charge in [0.05, 0.1) is 28.3 Å². The maximum absolute atomic E-state index is 11.4. The van der Waals surface area contributed by atoms with Crippen LogP contribution in [0.4, 0.5) is 11.4 Å². The molecule has 150 valence electrons. The average Bonchev–Trinajstić information content (AvgIpc) is 3.35. The van der Waals surface area contributed by atoms with Crippen LogP contribution in [-0.2, 0) is 11.3 Å². The van der Waals surface area contributed by atoms with Gasteiger partial charge in [0, 0.05) is 28.6 Å². The van der Waals surface area contributed by atoms with E-state index in [9.17, 15) is 10.1 Å². The van der Waals surface area contributed by atoms with Crippen LogP contribution in [0.2, 0.25) is 10.0 Å². The molecule has 1 aromatic heterocycles. The number of ether oxygens (including phenoxy) is 1. The van der Waals surface area contributed by atoms with E-state index in [1.807, 2.05) is 16.0 Å². The maximum atomic E-state index is 11.4. The first-order chi connectivity index (χ1) is 14.0. The summed E-state index contributed by atoms with van der Waals surface area (Å²) < 4.78 is 7.82. The number of nitrogens with zero attached hydrogens (tertiary/aromatic N) is 3. The molecule has 1 unspecified atom stereocenters. The van der Waals surface area contributed by atoms with E-state index in [0.717, 1.165) is 30.7 Å². The fourth-order valence-corrected chi connectivity index (χ4v) is 4.62. The van der Waals surface area contributed by atoms with E-state index in [2.05, 4.69) is 4.99 Å². The molecule has 1 fully saturated rings. The third-order valence-electron chi connectivity index (χ3n) is 4.71. The Bertz CT molecular complexity index is 1120. The number of thiazole rings is 1. The van der Waals surface area contributed by atoms with Crippen molar-refractivity contribution < 1.29 is 9.66 Å². The van der Waals surface area contributed by atoms with Crippen LogP contribution in [0.1, 0.15) is 12.8 Å². The van der Waals surface area contributed by atoms with Gasteiger partial charge >= 0.3 is 0 Å².